The smallest absolute Gasteiger partial charge is 0.312 e. The molecule has 0 fully saturated rings. The molecule has 0 spiro atoms. The van der Waals surface area contributed by atoms with E-state index in [0.29, 0.717) is 12.0 Å². The summed E-state index contributed by atoms with van der Waals surface area (Å²) in [7, 11) is 0. The van der Waals surface area contributed by atoms with Gasteiger partial charge in [0.15, 0.2) is 0 Å². The van der Waals surface area contributed by atoms with Crippen LogP contribution < -0.4 is 5.32 Å². The van der Waals surface area contributed by atoms with Crippen molar-refractivity contribution in [1.82, 2.24) is 5.32 Å². The van der Waals surface area contributed by atoms with Crippen molar-refractivity contribution in [3.63, 3.8) is 0 Å². The lowest BCUT2D eigenvalue weighted by atomic mass is 9.99. The lowest BCUT2D eigenvalue weighted by Crippen LogP contribution is -2.31. The van der Waals surface area contributed by atoms with Gasteiger partial charge in [0.1, 0.15) is 5.82 Å². The van der Waals surface area contributed by atoms with E-state index in [9.17, 15) is 14.0 Å². The van der Waals surface area contributed by atoms with Crippen LogP contribution in [0.1, 0.15) is 24.8 Å². The highest BCUT2D eigenvalue weighted by molar-refractivity contribution is 5.79. The van der Waals surface area contributed by atoms with Gasteiger partial charge in [-0.2, -0.15) is 0 Å². The van der Waals surface area contributed by atoms with Gasteiger partial charge in [0.25, 0.3) is 0 Å². The summed E-state index contributed by atoms with van der Waals surface area (Å²) in [5.41, 5.74) is 0.468. The standard InChI is InChI=1S/C12H14FNO3/c1-2-11(15)14-7-10(12(16)17)8-3-5-9(13)6-4-8/h3-6,10H,2,7H2,1H3,(H,14,15)(H,16,17). The van der Waals surface area contributed by atoms with Gasteiger partial charge in [-0.1, -0.05) is 19.1 Å². The maximum Gasteiger partial charge on any atom is 0.312 e. The number of aliphatic carboxylic acids is 1. The average molecular weight is 239 g/mol. The fourth-order valence-corrected chi connectivity index (χ4v) is 1.38. The Morgan fingerprint density at radius 1 is 1.35 bits per heavy atom. The molecular weight excluding hydrogens is 225 g/mol. The van der Waals surface area contributed by atoms with E-state index >= 15 is 0 Å². The lowest BCUT2D eigenvalue weighted by molar-refractivity contribution is -0.138. The van der Waals surface area contributed by atoms with Crippen LogP contribution >= 0.6 is 0 Å². The van der Waals surface area contributed by atoms with Crippen molar-refractivity contribution in [2.24, 2.45) is 0 Å². The van der Waals surface area contributed by atoms with Crippen molar-refractivity contribution in [1.29, 1.82) is 0 Å². The second kappa shape index (κ2) is 5.98. The third-order valence-corrected chi connectivity index (χ3v) is 2.39. The Balaban J connectivity index is 2.75. The Kier molecular flexibility index (Phi) is 4.63. The van der Waals surface area contributed by atoms with Gasteiger partial charge in [-0.15, -0.1) is 0 Å². The summed E-state index contributed by atoms with van der Waals surface area (Å²) < 4.78 is 12.7. The second-order valence-corrected chi connectivity index (χ2v) is 3.60. The number of benzene rings is 1. The average Bonchev–Trinajstić information content (AvgIpc) is 2.31. The predicted molar refractivity (Wildman–Crippen MR) is 60.1 cm³/mol. The van der Waals surface area contributed by atoms with E-state index in [1.165, 1.54) is 24.3 Å². The van der Waals surface area contributed by atoms with Gasteiger partial charge in [-0.25, -0.2) is 4.39 Å². The molecule has 0 radical (unpaired) electrons. The van der Waals surface area contributed by atoms with Crippen molar-refractivity contribution in [2.45, 2.75) is 19.3 Å². The van der Waals surface area contributed by atoms with E-state index < -0.39 is 17.7 Å². The maximum absolute atomic E-state index is 12.7. The molecule has 17 heavy (non-hydrogen) atoms. The zero-order chi connectivity index (χ0) is 12.8. The third-order valence-electron chi connectivity index (χ3n) is 2.39. The molecule has 0 aliphatic heterocycles. The van der Waals surface area contributed by atoms with Gasteiger partial charge in [0.2, 0.25) is 5.91 Å². The first-order valence-electron chi connectivity index (χ1n) is 5.29. The van der Waals surface area contributed by atoms with Crippen molar-refractivity contribution < 1.29 is 19.1 Å². The number of carboxylic acid groups (broad SMARTS) is 1. The molecule has 0 aromatic heterocycles. The number of carbonyl (C=O) groups excluding carboxylic acids is 1. The Morgan fingerprint density at radius 3 is 2.41 bits per heavy atom. The minimum atomic E-state index is -1.05. The monoisotopic (exact) mass is 239 g/mol. The summed E-state index contributed by atoms with van der Waals surface area (Å²) in [6.45, 7) is 1.69. The summed E-state index contributed by atoms with van der Waals surface area (Å²) in [6.07, 6.45) is 0.301. The molecule has 1 atom stereocenters. The summed E-state index contributed by atoms with van der Waals surface area (Å²) in [5.74, 6) is -2.53. The lowest BCUT2D eigenvalue weighted by Gasteiger charge is -2.13. The quantitative estimate of drug-likeness (QED) is 0.818. The molecule has 5 heteroatoms. The highest BCUT2D eigenvalue weighted by Crippen LogP contribution is 2.15. The number of nitrogens with one attached hydrogen (secondary N) is 1. The van der Waals surface area contributed by atoms with E-state index in [2.05, 4.69) is 5.32 Å². The van der Waals surface area contributed by atoms with Gasteiger partial charge in [-0.3, -0.25) is 9.59 Å². The number of amides is 1. The van der Waals surface area contributed by atoms with Crippen molar-refractivity contribution in [2.75, 3.05) is 6.54 Å². The van der Waals surface area contributed by atoms with Crippen LogP contribution in [0.25, 0.3) is 0 Å². The molecule has 0 aliphatic carbocycles. The van der Waals surface area contributed by atoms with Gasteiger partial charge in [-0.05, 0) is 17.7 Å². The second-order valence-electron chi connectivity index (χ2n) is 3.60. The molecule has 0 bridgehead atoms. The van der Waals surface area contributed by atoms with Crippen LogP contribution in [0.2, 0.25) is 0 Å². The largest absolute Gasteiger partial charge is 0.481 e. The predicted octanol–water partition coefficient (Wildman–Crippen LogP) is 1.52. The topological polar surface area (TPSA) is 66.4 Å². The van der Waals surface area contributed by atoms with Crippen LogP contribution in [-0.4, -0.2) is 23.5 Å². The first-order valence-corrected chi connectivity index (χ1v) is 5.29. The number of rotatable bonds is 5. The normalized spacial score (nSPS) is 11.9. The zero-order valence-electron chi connectivity index (χ0n) is 9.44. The van der Waals surface area contributed by atoms with Gasteiger partial charge in [0, 0.05) is 13.0 Å². The molecule has 2 N–H and O–H groups in total. The number of carbonyl (C=O) groups is 2. The Hall–Kier alpha value is -1.91. The molecule has 1 aromatic carbocycles. The number of carboxylic acids is 1. The number of halogens is 1. The first kappa shape index (κ1) is 13.2. The highest BCUT2D eigenvalue weighted by Gasteiger charge is 2.20. The van der Waals surface area contributed by atoms with Gasteiger partial charge in [0.05, 0.1) is 5.92 Å². The van der Waals surface area contributed by atoms with Crippen LogP contribution in [0.4, 0.5) is 4.39 Å². The van der Waals surface area contributed by atoms with Crippen molar-refractivity contribution >= 4 is 11.9 Å². The molecule has 92 valence electrons. The molecule has 1 unspecified atom stereocenters. The summed E-state index contributed by atoms with van der Waals surface area (Å²) >= 11 is 0. The van der Waals surface area contributed by atoms with Crippen LogP contribution in [0, 0.1) is 5.82 Å². The van der Waals surface area contributed by atoms with E-state index in [0.717, 1.165) is 0 Å². The Morgan fingerprint density at radius 2 is 1.94 bits per heavy atom. The molecule has 0 saturated carbocycles. The summed E-state index contributed by atoms with van der Waals surface area (Å²) in [6, 6.07) is 5.22. The third kappa shape index (κ3) is 3.86. The van der Waals surface area contributed by atoms with E-state index in [-0.39, 0.29) is 12.5 Å². The van der Waals surface area contributed by atoms with E-state index in [1.807, 2.05) is 0 Å². The molecule has 1 rings (SSSR count). The Labute approximate surface area is 98.5 Å². The molecular formula is C12H14FNO3. The SMILES string of the molecule is CCC(=O)NCC(C(=O)O)c1ccc(F)cc1. The van der Waals surface area contributed by atoms with Gasteiger partial charge < -0.3 is 10.4 Å². The minimum Gasteiger partial charge on any atom is -0.481 e. The van der Waals surface area contributed by atoms with E-state index in [1.54, 1.807) is 6.92 Å². The molecule has 1 amide bonds. The van der Waals surface area contributed by atoms with Gasteiger partial charge >= 0.3 is 5.97 Å². The number of hydrogen-bond donors (Lipinski definition) is 2. The van der Waals surface area contributed by atoms with Crippen LogP contribution in [0.3, 0.4) is 0 Å². The van der Waals surface area contributed by atoms with Crippen LogP contribution in [0.5, 0.6) is 0 Å². The highest BCUT2D eigenvalue weighted by atomic mass is 19.1. The molecule has 0 heterocycles. The van der Waals surface area contributed by atoms with Crippen LogP contribution in [-0.2, 0) is 9.59 Å². The molecule has 1 aromatic rings. The summed E-state index contributed by atoms with van der Waals surface area (Å²) in [4.78, 5) is 22.1. The minimum absolute atomic E-state index is 0.00758. The molecule has 4 nitrogen and oxygen atoms in total. The maximum atomic E-state index is 12.7. The van der Waals surface area contributed by atoms with Crippen molar-refractivity contribution in [3.8, 4) is 0 Å². The number of hydrogen-bond acceptors (Lipinski definition) is 2. The van der Waals surface area contributed by atoms with Crippen molar-refractivity contribution in [3.05, 3.63) is 35.6 Å². The Bertz CT molecular complexity index is 403. The zero-order valence-corrected chi connectivity index (χ0v) is 9.44. The molecule has 0 saturated heterocycles. The fourth-order valence-electron chi connectivity index (χ4n) is 1.38. The first-order chi connectivity index (χ1) is 8.04. The van der Waals surface area contributed by atoms with E-state index in [4.69, 9.17) is 5.11 Å². The van der Waals surface area contributed by atoms with Crippen LogP contribution in [0.15, 0.2) is 24.3 Å². The fraction of sp³-hybridized carbons (Fsp3) is 0.333. The molecule has 0 aliphatic rings. The summed E-state index contributed by atoms with van der Waals surface area (Å²) in [5, 5.41) is 11.5.